The maximum absolute atomic E-state index is 13.0. The molecule has 2 aromatic carbocycles. The van der Waals surface area contributed by atoms with E-state index < -0.39 is 0 Å². The highest BCUT2D eigenvalue weighted by molar-refractivity contribution is 6.03. The van der Waals surface area contributed by atoms with E-state index in [1.165, 1.54) is 0 Å². The second-order valence-corrected chi connectivity index (χ2v) is 7.26. The molecule has 1 aromatic heterocycles. The average molecular weight is 357 g/mol. The fourth-order valence-corrected chi connectivity index (χ4v) is 4.41. The summed E-state index contributed by atoms with van der Waals surface area (Å²) >= 11 is 0. The summed E-state index contributed by atoms with van der Waals surface area (Å²) in [6.07, 6.45) is 2.18. The summed E-state index contributed by atoms with van der Waals surface area (Å²) in [6, 6.07) is 15.5. The van der Waals surface area contributed by atoms with Gasteiger partial charge in [0.25, 0.3) is 0 Å². The molecule has 4 heteroatoms. The summed E-state index contributed by atoms with van der Waals surface area (Å²) in [5.74, 6) is -0.263. The van der Waals surface area contributed by atoms with Gasteiger partial charge >= 0.3 is 5.63 Å². The minimum Gasteiger partial charge on any atom is -0.422 e. The number of hydrogen-bond donors (Lipinski definition) is 1. The van der Waals surface area contributed by atoms with Gasteiger partial charge in [-0.3, -0.25) is 4.79 Å². The van der Waals surface area contributed by atoms with Crippen LogP contribution in [-0.4, -0.2) is 5.78 Å². The van der Waals surface area contributed by atoms with E-state index in [2.05, 4.69) is 5.32 Å². The van der Waals surface area contributed by atoms with Crippen LogP contribution in [0.4, 0.5) is 5.69 Å². The van der Waals surface area contributed by atoms with E-state index in [0.29, 0.717) is 17.6 Å². The fraction of sp³-hybridized carbons (Fsp3) is 0.217. The molecule has 0 fully saturated rings. The number of allylic oxidation sites excluding steroid dienone is 2. The molecular formula is C23H19NO3. The SMILES string of the molecule is Cc1ccccc1C1C2=C(CCCC2=O)Nc2c1c(=O)oc1ccccc21. The summed E-state index contributed by atoms with van der Waals surface area (Å²) in [5.41, 5.74) is 5.23. The molecule has 1 aliphatic heterocycles. The van der Waals surface area contributed by atoms with E-state index in [-0.39, 0.29) is 17.3 Å². The number of rotatable bonds is 1. The van der Waals surface area contributed by atoms with Crippen molar-refractivity contribution in [2.75, 3.05) is 5.32 Å². The van der Waals surface area contributed by atoms with Crippen LogP contribution in [0.1, 0.15) is 41.9 Å². The first-order chi connectivity index (χ1) is 13.1. The van der Waals surface area contributed by atoms with Gasteiger partial charge in [0.2, 0.25) is 0 Å². The van der Waals surface area contributed by atoms with Crippen molar-refractivity contribution in [3.05, 3.63) is 86.9 Å². The second-order valence-electron chi connectivity index (χ2n) is 7.26. The Morgan fingerprint density at radius 3 is 2.63 bits per heavy atom. The number of nitrogens with one attached hydrogen (secondary N) is 1. The number of anilines is 1. The molecule has 0 saturated carbocycles. The topological polar surface area (TPSA) is 59.3 Å². The average Bonchev–Trinajstić information content (AvgIpc) is 2.67. The zero-order valence-electron chi connectivity index (χ0n) is 15.0. The lowest BCUT2D eigenvalue weighted by Crippen LogP contribution is -2.31. The molecule has 0 spiro atoms. The number of benzene rings is 2. The van der Waals surface area contributed by atoms with Gasteiger partial charge in [-0.1, -0.05) is 36.4 Å². The molecule has 3 aromatic rings. The number of carbonyl (C=O) groups is 1. The van der Waals surface area contributed by atoms with Gasteiger partial charge in [-0.15, -0.1) is 0 Å². The number of para-hydroxylation sites is 1. The zero-order valence-corrected chi connectivity index (χ0v) is 15.0. The molecule has 0 amide bonds. The summed E-state index contributed by atoms with van der Waals surface area (Å²) in [6.45, 7) is 2.02. The van der Waals surface area contributed by atoms with E-state index in [9.17, 15) is 9.59 Å². The predicted octanol–water partition coefficient (Wildman–Crippen LogP) is 4.67. The van der Waals surface area contributed by atoms with Crippen molar-refractivity contribution in [1.29, 1.82) is 0 Å². The van der Waals surface area contributed by atoms with Gasteiger partial charge in [-0.05, 0) is 43.0 Å². The first-order valence-corrected chi connectivity index (χ1v) is 9.29. The van der Waals surface area contributed by atoms with Crippen LogP contribution >= 0.6 is 0 Å². The maximum Gasteiger partial charge on any atom is 0.342 e. The minimum absolute atomic E-state index is 0.121. The molecule has 1 atom stereocenters. The van der Waals surface area contributed by atoms with Crippen LogP contribution in [0.5, 0.6) is 0 Å². The lowest BCUT2D eigenvalue weighted by molar-refractivity contribution is -0.116. The highest BCUT2D eigenvalue weighted by Gasteiger charge is 2.38. The fourth-order valence-electron chi connectivity index (χ4n) is 4.41. The van der Waals surface area contributed by atoms with Crippen LogP contribution < -0.4 is 10.9 Å². The van der Waals surface area contributed by atoms with Crippen LogP contribution in [-0.2, 0) is 4.79 Å². The van der Waals surface area contributed by atoms with Gasteiger partial charge in [0.1, 0.15) is 5.58 Å². The molecule has 5 rings (SSSR count). The molecule has 0 bridgehead atoms. The first kappa shape index (κ1) is 16.1. The van der Waals surface area contributed by atoms with Gasteiger partial charge in [0.05, 0.1) is 11.3 Å². The Kier molecular flexibility index (Phi) is 3.54. The van der Waals surface area contributed by atoms with Gasteiger partial charge in [-0.2, -0.15) is 0 Å². The van der Waals surface area contributed by atoms with Crippen molar-refractivity contribution in [1.82, 2.24) is 0 Å². The van der Waals surface area contributed by atoms with Crippen molar-refractivity contribution >= 4 is 22.4 Å². The summed E-state index contributed by atoms with van der Waals surface area (Å²) in [5, 5.41) is 4.30. The Bertz CT molecular complexity index is 1190. The molecule has 0 saturated heterocycles. The third kappa shape index (κ3) is 2.36. The molecule has 4 nitrogen and oxygen atoms in total. The Hall–Kier alpha value is -3.14. The Morgan fingerprint density at radius 2 is 1.78 bits per heavy atom. The number of hydrogen-bond acceptors (Lipinski definition) is 4. The van der Waals surface area contributed by atoms with Crippen molar-refractivity contribution in [2.24, 2.45) is 0 Å². The van der Waals surface area contributed by atoms with Crippen LogP contribution in [0.15, 0.2) is 69.0 Å². The summed E-state index contributed by atoms with van der Waals surface area (Å²) < 4.78 is 5.64. The summed E-state index contributed by atoms with van der Waals surface area (Å²) in [7, 11) is 0. The minimum atomic E-state index is -0.383. The maximum atomic E-state index is 13.0. The summed E-state index contributed by atoms with van der Waals surface area (Å²) in [4.78, 5) is 25.9. The standard InChI is InChI=1S/C23H19NO3/c1-13-7-2-3-8-14(13)19-20-16(10-6-11-17(20)25)24-22-15-9-4-5-12-18(15)27-23(26)21(19)22/h2-5,7-9,12,19,24H,6,10-11H2,1H3. The first-order valence-electron chi connectivity index (χ1n) is 9.29. The Balaban J connectivity index is 1.89. The van der Waals surface area contributed by atoms with E-state index in [0.717, 1.165) is 46.3 Å². The highest BCUT2D eigenvalue weighted by Crippen LogP contribution is 2.46. The molecule has 134 valence electrons. The Morgan fingerprint density at radius 1 is 1.00 bits per heavy atom. The Labute approximate surface area is 156 Å². The smallest absolute Gasteiger partial charge is 0.342 e. The molecule has 0 radical (unpaired) electrons. The largest absolute Gasteiger partial charge is 0.422 e. The number of ketones is 1. The molecule has 2 aliphatic rings. The van der Waals surface area contributed by atoms with Gasteiger partial charge in [0.15, 0.2) is 5.78 Å². The van der Waals surface area contributed by atoms with Crippen molar-refractivity contribution in [3.8, 4) is 0 Å². The van der Waals surface area contributed by atoms with E-state index in [4.69, 9.17) is 4.42 Å². The number of carbonyl (C=O) groups excluding carboxylic acids is 1. The lowest BCUT2D eigenvalue weighted by atomic mass is 9.74. The highest BCUT2D eigenvalue weighted by atomic mass is 16.4. The lowest BCUT2D eigenvalue weighted by Gasteiger charge is -2.34. The third-order valence-electron chi connectivity index (χ3n) is 5.66. The normalized spacial score (nSPS) is 18.9. The molecule has 1 unspecified atom stereocenters. The van der Waals surface area contributed by atoms with E-state index in [1.807, 2.05) is 49.4 Å². The molecule has 27 heavy (non-hydrogen) atoms. The molecule has 1 aliphatic carbocycles. The third-order valence-corrected chi connectivity index (χ3v) is 5.66. The van der Waals surface area contributed by atoms with Crippen LogP contribution in [0.25, 0.3) is 11.0 Å². The monoisotopic (exact) mass is 357 g/mol. The van der Waals surface area contributed by atoms with Crippen molar-refractivity contribution in [3.63, 3.8) is 0 Å². The number of fused-ring (bicyclic) bond motifs is 3. The number of Topliss-reactive ketones (excluding diaryl/α,β-unsaturated/α-hetero) is 1. The van der Waals surface area contributed by atoms with Crippen LogP contribution in [0, 0.1) is 6.92 Å². The van der Waals surface area contributed by atoms with Gasteiger partial charge in [0, 0.05) is 29.0 Å². The second kappa shape index (κ2) is 5.95. The molecule has 1 N–H and O–H groups in total. The van der Waals surface area contributed by atoms with Crippen molar-refractivity contribution < 1.29 is 9.21 Å². The number of aryl methyl sites for hydroxylation is 1. The van der Waals surface area contributed by atoms with Crippen molar-refractivity contribution in [2.45, 2.75) is 32.1 Å². The van der Waals surface area contributed by atoms with E-state index in [1.54, 1.807) is 6.07 Å². The zero-order chi connectivity index (χ0) is 18.5. The van der Waals surface area contributed by atoms with Gasteiger partial charge in [-0.25, -0.2) is 4.79 Å². The molecule has 2 heterocycles. The van der Waals surface area contributed by atoms with E-state index >= 15 is 0 Å². The quantitative estimate of drug-likeness (QED) is 0.643. The van der Waals surface area contributed by atoms with Crippen LogP contribution in [0.3, 0.4) is 0 Å². The predicted molar refractivity (Wildman–Crippen MR) is 105 cm³/mol. The van der Waals surface area contributed by atoms with Crippen LogP contribution in [0.2, 0.25) is 0 Å². The van der Waals surface area contributed by atoms with Gasteiger partial charge < -0.3 is 9.73 Å². The molecular weight excluding hydrogens is 338 g/mol.